The quantitative estimate of drug-likeness (QED) is 0.694. The van der Waals surface area contributed by atoms with Gasteiger partial charge in [0.05, 0.1) is 5.92 Å². The molecule has 0 aromatic heterocycles. The minimum atomic E-state index is -0.221. The Morgan fingerprint density at radius 3 is 2.39 bits per heavy atom. The molecule has 1 heterocycles. The van der Waals surface area contributed by atoms with Crippen molar-refractivity contribution in [2.45, 2.75) is 37.6 Å². The van der Waals surface area contributed by atoms with Gasteiger partial charge in [-0.05, 0) is 45.0 Å². The van der Waals surface area contributed by atoms with Crippen molar-refractivity contribution in [2.75, 3.05) is 27.2 Å². The second-order valence-electron chi connectivity index (χ2n) is 5.63. The van der Waals surface area contributed by atoms with Crippen molar-refractivity contribution in [3.63, 3.8) is 0 Å². The van der Waals surface area contributed by atoms with Gasteiger partial charge in [-0.2, -0.15) is 0 Å². The molecule has 5 nitrogen and oxygen atoms in total. The molecular formula is C18H29N3O2. The maximum Gasteiger partial charge on any atom is 0.227 e. The molecule has 5 heteroatoms. The average Bonchev–Trinajstić information content (AvgIpc) is 2.64. The fourth-order valence-electron chi connectivity index (χ4n) is 2.65. The molecule has 1 fully saturated rings. The Labute approximate surface area is 139 Å². The lowest BCUT2D eigenvalue weighted by Crippen LogP contribution is -2.37. The van der Waals surface area contributed by atoms with Crippen LogP contribution >= 0.6 is 0 Å². The molecule has 0 radical (unpaired) electrons. The SMILES string of the molecule is CNC(=O)C(CCC=O)c1ccccc1.CNC1CCNCC1. The summed E-state index contributed by atoms with van der Waals surface area (Å²) in [5, 5.41) is 9.19. The van der Waals surface area contributed by atoms with Crippen molar-refractivity contribution in [2.24, 2.45) is 0 Å². The summed E-state index contributed by atoms with van der Waals surface area (Å²) in [6, 6.07) is 10.3. The van der Waals surface area contributed by atoms with E-state index in [4.69, 9.17) is 0 Å². The third-order valence-electron chi connectivity index (χ3n) is 4.09. The highest BCUT2D eigenvalue weighted by molar-refractivity contribution is 5.83. The Balaban J connectivity index is 0.000000277. The molecule has 1 aromatic rings. The summed E-state index contributed by atoms with van der Waals surface area (Å²) in [6.07, 6.45) is 4.39. The number of piperidine rings is 1. The van der Waals surface area contributed by atoms with Crippen molar-refractivity contribution in [1.82, 2.24) is 16.0 Å². The van der Waals surface area contributed by atoms with Crippen molar-refractivity contribution in [3.05, 3.63) is 35.9 Å². The summed E-state index contributed by atoms with van der Waals surface area (Å²) < 4.78 is 0. The number of hydrogen-bond donors (Lipinski definition) is 3. The summed E-state index contributed by atoms with van der Waals surface area (Å²) in [6.45, 7) is 2.37. The lowest BCUT2D eigenvalue weighted by atomic mass is 9.94. The number of benzene rings is 1. The fourth-order valence-corrected chi connectivity index (χ4v) is 2.65. The predicted molar refractivity (Wildman–Crippen MR) is 93.5 cm³/mol. The molecule has 0 spiro atoms. The summed E-state index contributed by atoms with van der Waals surface area (Å²) in [7, 11) is 3.65. The van der Waals surface area contributed by atoms with Gasteiger partial charge in [-0.15, -0.1) is 0 Å². The number of likely N-dealkylation sites (N-methyl/N-ethyl adjacent to an activating group) is 1. The first-order chi connectivity index (χ1) is 11.2. The van der Waals surface area contributed by atoms with Crippen LogP contribution in [0.15, 0.2) is 30.3 Å². The van der Waals surface area contributed by atoms with Gasteiger partial charge in [0.1, 0.15) is 6.29 Å². The number of carbonyl (C=O) groups excluding carboxylic acids is 2. The van der Waals surface area contributed by atoms with Crippen LogP contribution in [0.5, 0.6) is 0 Å². The van der Waals surface area contributed by atoms with Gasteiger partial charge in [-0.3, -0.25) is 4.79 Å². The molecular weight excluding hydrogens is 290 g/mol. The highest BCUT2D eigenvalue weighted by Crippen LogP contribution is 2.20. The molecule has 23 heavy (non-hydrogen) atoms. The van der Waals surface area contributed by atoms with Gasteiger partial charge in [0.25, 0.3) is 0 Å². The molecule has 1 unspecified atom stereocenters. The van der Waals surface area contributed by atoms with Gasteiger partial charge in [0.2, 0.25) is 5.91 Å². The van der Waals surface area contributed by atoms with Crippen LogP contribution in [-0.4, -0.2) is 45.4 Å². The van der Waals surface area contributed by atoms with E-state index < -0.39 is 0 Å². The second-order valence-corrected chi connectivity index (χ2v) is 5.63. The van der Waals surface area contributed by atoms with Crippen LogP contribution in [0, 0.1) is 0 Å². The monoisotopic (exact) mass is 319 g/mol. The van der Waals surface area contributed by atoms with Crippen LogP contribution in [0.2, 0.25) is 0 Å². The van der Waals surface area contributed by atoms with Gasteiger partial charge < -0.3 is 20.7 Å². The average molecular weight is 319 g/mol. The number of aldehydes is 1. The molecule has 1 amide bonds. The first-order valence-electron chi connectivity index (χ1n) is 8.31. The van der Waals surface area contributed by atoms with Crippen LogP contribution in [0.3, 0.4) is 0 Å². The normalized spacial score (nSPS) is 15.9. The number of carbonyl (C=O) groups is 2. The molecule has 1 aliphatic rings. The number of nitrogens with one attached hydrogen (secondary N) is 3. The first-order valence-corrected chi connectivity index (χ1v) is 8.31. The number of hydrogen-bond acceptors (Lipinski definition) is 4. The minimum Gasteiger partial charge on any atom is -0.359 e. The van der Waals surface area contributed by atoms with Gasteiger partial charge in [0.15, 0.2) is 0 Å². The molecule has 1 atom stereocenters. The van der Waals surface area contributed by atoms with Gasteiger partial charge in [-0.1, -0.05) is 30.3 Å². The van der Waals surface area contributed by atoms with E-state index in [9.17, 15) is 9.59 Å². The Morgan fingerprint density at radius 2 is 1.91 bits per heavy atom. The summed E-state index contributed by atoms with van der Waals surface area (Å²) in [5.74, 6) is -0.260. The minimum absolute atomic E-state index is 0.0388. The lowest BCUT2D eigenvalue weighted by molar-refractivity contribution is -0.122. The van der Waals surface area contributed by atoms with Crippen LogP contribution in [-0.2, 0) is 9.59 Å². The molecule has 1 saturated heterocycles. The van der Waals surface area contributed by atoms with E-state index in [0.29, 0.717) is 12.8 Å². The first kappa shape index (κ1) is 19.3. The van der Waals surface area contributed by atoms with Crippen LogP contribution in [0.4, 0.5) is 0 Å². The molecule has 128 valence electrons. The Hall–Kier alpha value is -1.72. The van der Waals surface area contributed by atoms with Gasteiger partial charge in [-0.25, -0.2) is 0 Å². The Morgan fingerprint density at radius 1 is 1.26 bits per heavy atom. The summed E-state index contributed by atoms with van der Waals surface area (Å²) >= 11 is 0. The maximum atomic E-state index is 11.6. The van der Waals surface area contributed by atoms with E-state index in [1.165, 1.54) is 25.9 Å². The van der Waals surface area contributed by atoms with E-state index in [2.05, 4.69) is 16.0 Å². The third-order valence-corrected chi connectivity index (χ3v) is 4.09. The molecule has 1 aliphatic heterocycles. The van der Waals surface area contributed by atoms with Crippen molar-refractivity contribution in [3.8, 4) is 0 Å². The molecule has 0 bridgehead atoms. The lowest BCUT2D eigenvalue weighted by Gasteiger charge is -2.21. The molecule has 3 N–H and O–H groups in total. The highest BCUT2D eigenvalue weighted by Gasteiger charge is 2.18. The summed E-state index contributed by atoms with van der Waals surface area (Å²) in [4.78, 5) is 21.9. The van der Waals surface area contributed by atoms with E-state index in [1.807, 2.05) is 37.4 Å². The molecule has 1 aromatic carbocycles. The Kier molecular flexibility index (Phi) is 9.91. The third kappa shape index (κ3) is 7.39. The van der Waals surface area contributed by atoms with E-state index in [-0.39, 0.29) is 11.8 Å². The zero-order valence-corrected chi connectivity index (χ0v) is 14.2. The maximum absolute atomic E-state index is 11.6. The molecule has 2 rings (SSSR count). The number of amides is 1. The second kappa shape index (κ2) is 11.8. The van der Waals surface area contributed by atoms with Crippen molar-refractivity contribution >= 4 is 12.2 Å². The summed E-state index contributed by atoms with van der Waals surface area (Å²) in [5.41, 5.74) is 0.957. The van der Waals surface area contributed by atoms with Gasteiger partial charge in [0, 0.05) is 19.5 Å². The van der Waals surface area contributed by atoms with Crippen LogP contribution < -0.4 is 16.0 Å². The zero-order chi connectivity index (χ0) is 16.9. The Bertz CT molecular complexity index is 445. The topological polar surface area (TPSA) is 70.2 Å². The van der Waals surface area contributed by atoms with Crippen molar-refractivity contribution < 1.29 is 9.59 Å². The molecule has 0 aliphatic carbocycles. The van der Waals surface area contributed by atoms with E-state index in [1.54, 1.807) is 7.05 Å². The van der Waals surface area contributed by atoms with Crippen LogP contribution in [0.25, 0.3) is 0 Å². The predicted octanol–water partition coefficient (Wildman–Crippen LogP) is 1.45. The van der Waals surface area contributed by atoms with Gasteiger partial charge >= 0.3 is 0 Å². The smallest absolute Gasteiger partial charge is 0.227 e. The van der Waals surface area contributed by atoms with E-state index >= 15 is 0 Å². The van der Waals surface area contributed by atoms with E-state index in [0.717, 1.165) is 17.9 Å². The standard InChI is InChI=1S/C12H15NO2.C6H14N2/c1-13-12(15)11(8-5-9-14)10-6-3-2-4-7-10;1-7-6-2-4-8-5-3-6/h2-4,6-7,9,11H,5,8H2,1H3,(H,13,15);6-8H,2-5H2,1H3. The fraction of sp³-hybridized carbons (Fsp3) is 0.556. The molecule has 0 saturated carbocycles. The van der Waals surface area contributed by atoms with Crippen molar-refractivity contribution in [1.29, 1.82) is 0 Å². The highest BCUT2D eigenvalue weighted by atomic mass is 16.1. The number of rotatable bonds is 6. The zero-order valence-electron chi connectivity index (χ0n) is 14.2. The largest absolute Gasteiger partial charge is 0.359 e. The van der Waals surface area contributed by atoms with Crippen LogP contribution in [0.1, 0.15) is 37.2 Å².